The van der Waals surface area contributed by atoms with E-state index < -0.39 is 0 Å². The number of aryl methyl sites for hydroxylation is 1. The van der Waals surface area contributed by atoms with Crippen molar-refractivity contribution in [3.05, 3.63) is 18.0 Å². The summed E-state index contributed by atoms with van der Waals surface area (Å²) < 4.78 is 10.8. The largest absolute Gasteiger partial charge is 0.454 e. The molecule has 0 saturated heterocycles. The van der Waals surface area contributed by atoms with Crippen LogP contribution in [0.1, 0.15) is 44.3 Å². The van der Waals surface area contributed by atoms with Gasteiger partial charge in [0.25, 0.3) is 0 Å². The summed E-state index contributed by atoms with van der Waals surface area (Å²) in [6.45, 7) is 0.316. The molecule has 106 valence electrons. The molecule has 2 aliphatic rings. The van der Waals surface area contributed by atoms with E-state index in [1.807, 2.05) is 12.1 Å². The number of rotatable bonds is 3. The molecule has 1 aliphatic carbocycles. The van der Waals surface area contributed by atoms with Gasteiger partial charge in [0, 0.05) is 18.6 Å². The maximum absolute atomic E-state index is 5.40. The number of aromatic nitrogens is 2. The Morgan fingerprint density at radius 3 is 2.75 bits per heavy atom. The number of H-pyrrole nitrogens is 1. The van der Waals surface area contributed by atoms with Crippen LogP contribution in [0.5, 0.6) is 11.5 Å². The van der Waals surface area contributed by atoms with Crippen molar-refractivity contribution in [2.75, 3.05) is 6.79 Å². The van der Waals surface area contributed by atoms with Gasteiger partial charge in [0.05, 0.1) is 11.0 Å². The number of fused-ring (bicyclic) bond motifs is 2. The quantitative estimate of drug-likeness (QED) is 0.924. The van der Waals surface area contributed by atoms with Crippen LogP contribution in [0.25, 0.3) is 11.0 Å². The molecule has 1 aromatic carbocycles. The zero-order chi connectivity index (χ0) is 13.4. The molecule has 2 aromatic rings. The van der Waals surface area contributed by atoms with E-state index in [0.717, 1.165) is 40.7 Å². The van der Waals surface area contributed by atoms with E-state index in [-0.39, 0.29) is 0 Å². The molecule has 4 rings (SSSR count). The lowest BCUT2D eigenvalue weighted by Gasteiger charge is -2.20. The van der Waals surface area contributed by atoms with E-state index in [1.165, 1.54) is 38.5 Å². The molecular weight excluding hydrogens is 252 g/mol. The van der Waals surface area contributed by atoms with Gasteiger partial charge < -0.3 is 14.5 Å². The van der Waals surface area contributed by atoms with E-state index >= 15 is 0 Å². The third-order valence-corrected chi connectivity index (χ3v) is 4.54. The SMILES string of the molecule is c1c2c(cc3[nH]c(CCC4CCCCC4)nc13)OCO2. The zero-order valence-corrected chi connectivity index (χ0v) is 11.7. The molecular formula is C16H20N2O2. The molecule has 1 aliphatic heterocycles. The molecule has 0 radical (unpaired) electrons. The van der Waals surface area contributed by atoms with Gasteiger partial charge in [-0.3, -0.25) is 0 Å². The van der Waals surface area contributed by atoms with Gasteiger partial charge in [-0.25, -0.2) is 4.98 Å². The molecule has 1 N–H and O–H groups in total. The highest BCUT2D eigenvalue weighted by molar-refractivity contribution is 5.80. The van der Waals surface area contributed by atoms with Crippen LogP contribution < -0.4 is 9.47 Å². The van der Waals surface area contributed by atoms with Crippen molar-refractivity contribution in [2.24, 2.45) is 5.92 Å². The van der Waals surface area contributed by atoms with Crippen molar-refractivity contribution in [3.63, 3.8) is 0 Å². The minimum atomic E-state index is 0.316. The molecule has 0 atom stereocenters. The number of aromatic amines is 1. The van der Waals surface area contributed by atoms with Crippen molar-refractivity contribution >= 4 is 11.0 Å². The second kappa shape index (κ2) is 5.00. The number of nitrogens with zero attached hydrogens (tertiary/aromatic N) is 1. The van der Waals surface area contributed by atoms with E-state index in [9.17, 15) is 0 Å². The number of hydrogen-bond donors (Lipinski definition) is 1. The normalized spacial score (nSPS) is 18.8. The summed E-state index contributed by atoms with van der Waals surface area (Å²) in [7, 11) is 0. The Labute approximate surface area is 118 Å². The highest BCUT2D eigenvalue weighted by Gasteiger charge is 2.17. The molecule has 0 amide bonds. The van der Waals surface area contributed by atoms with Gasteiger partial charge in [0.2, 0.25) is 6.79 Å². The Bertz CT molecular complexity index is 573. The fourth-order valence-corrected chi connectivity index (χ4v) is 3.39. The van der Waals surface area contributed by atoms with Crippen LogP contribution in [0.2, 0.25) is 0 Å². The van der Waals surface area contributed by atoms with Crippen molar-refractivity contribution in [1.29, 1.82) is 0 Å². The molecule has 1 aromatic heterocycles. The van der Waals surface area contributed by atoms with Crippen LogP contribution in [0.3, 0.4) is 0 Å². The minimum Gasteiger partial charge on any atom is -0.454 e. The van der Waals surface area contributed by atoms with Crippen molar-refractivity contribution in [2.45, 2.75) is 44.9 Å². The average molecular weight is 272 g/mol. The van der Waals surface area contributed by atoms with Crippen LogP contribution in [-0.4, -0.2) is 16.8 Å². The zero-order valence-electron chi connectivity index (χ0n) is 11.7. The highest BCUT2D eigenvalue weighted by Crippen LogP contribution is 2.35. The van der Waals surface area contributed by atoms with Gasteiger partial charge in [0.1, 0.15) is 5.82 Å². The first-order valence-electron chi connectivity index (χ1n) is 7.67. The predicted molar refractivity (Wildman–Crippen MR) is 77.1 cm³/mol. The molecule has 2 heterocycles. The number of nitrogens with one attached hydrogen (secondary N) is 1. The lowest BCUT2D eigenvalue weighted by molar-refractivity contribution is 0.174. The number of ether oxygens (including phenoxy) is 2. The molecule has 1 fully saturated rings. The highest BCUT2D eigenvalue weighted by atomic mass is 16.7. The fourth-order valence-electron chi connectivity index (χ4n) is 3.39. The minimum absolute atomic E-state index is 0.316. The lowest BCUT2D eigenvalue weighted by atomic mass is 9.86. The van der Waals surface area contributed by atoms with Gasteiger partial charge in [0.15, 0.2) is 11.5 Å². The third kappa shape index (κ3) is 2.23. The van der Waals surface area contributed by atoms with Crippen LogP contribution in [0, 0.1) is 5.92 Å². The standard InChI is InChI=1S/C16H20N2O2/c1-2-4-11(5-3-1)6-7-16-17-12-8-14-15(20-10-19-14)9-13(12)18-16/h8-9,11H,1-7,10H2,(H,17,18). The first-order chi connectivity index (χ1) is 9.88. The van der Waals surface area contributed by atoms with Crippen molar-refractivity contribution in [1.82, 2.24) is 9.97 Å². The fraction of sp³-hybridized carbons (Fsp3) is 0.562. The first kappa shape index (κ1) is 12.1. The molecule has 4 heteroatoms. The topological polar surface area (TPSA) is 47.1 Å². The Kier molecular flexibility index (Phi) is 3.02. The second-order valence-electron chi connectivity index (χ2n) is 5.95. The summed E-state index contributed by atoms with van der Waals surface area (Å²) in [6.07, 6.45) is 9.34. The molecule has 0 bridgehead atoms. The third-order valence-electron chi connectivity index (χ3n) is 4.54. The molecule has 20 heavy (non-hydrogen) atoms. The van der Waals surface area contributed by atoms with E-state index in [4.69, 9.17) is 9.47 Å². The summed E-state index contributed by atoms with van der Waals surface area (Å²) in [6, 6.07) is 3.97. The Balaban J connectivity index is 1.49. The summed E-state index contributed by atoms with van der Waals surface area (Å²) >= 11 is 0. The Morgan fingerprint density at radius 1 is 1.10 bits per heavy atom. The number of imidazole rings is 1. The van der Waals surface area contributed by atoms with Crippen molar-refractivity contribution in [3.8, 4) is 11.5 Å². The smallest absolute Gasteiger partial charge is 0.231 e. The van der Waals surface area contributed by atoms with Crippen molar-refractivity contribution < 1.29 is 9.47 Å². The second-order valence-corrected chi connectivity index (χ2v) is 5.95. The van der Waals surface area contributed by atoms with Gasteiger partial charge in [-0.15, -0.1) is 0 Å². The van der Waals surface area contributed by atoms with Crippen LogP contribution in [0.15, 0.2) is 12.1 Å². The van der Waals surface area contributed by atoms with Crippen LogP contribution >= 0.6 is 0 Å². The molecule has 0 unspecified atom stereocenters. The maximum atomic E-state index is 5.40. The van der Waals surface area contributed by atoms with E-state index in [2.05, 4.69) is 9.97 Å². The monoisotopic (exact) mass is 272 g/mol. The van der Waals surface area contributed by atoms with Crippen LogP contribution in [-0.2, 0) is 6.42 Å². The molecule has 4 nitrogen and oxygen atoms in total. The average Bonchev–Trinajstić information content (AvgIpc) is 3.08. The summed E-state index contributed by atoms with van der Waals surface area (Å²) in [5.74, 6) is 3.62. The van der Waals surface area contributed by atoms with Gasteiger partial charge >= 0.3 is 0 Å². The van der Waals surface area contributed by atoms with Gasteiger partial charge in [-0.1, -0.05) is 32.1 Å². The predicted octanol–water partition coefficient (Wildman–Crippen LogP) is 3.80. The number of hydrogen-bond acceptors (Lipinski definition) is 3. The van der Waals surface area contributed by atoms with E-state index in [1.54, 1.807) is 0 Å². The van der Waals surface area contributed by atoms with E-state index in [0.29, 0.717) is 6.79 Å². The van der Waals surface area contributed by atoms with Gasteiger partial charge in [-0.05, 0) is 12.3 Å². The number of benzene rings is 1. The summed E-state index contributed by atoms with van der Waals surface area (Å²) in [5, 5.41) is 0. The van der Waals surface area contributed by atoms with Gasteiger partial charge in [-0.2, -0.15) is 0 Å². The maximum Gasteiger partial charge on any atom is 0.231 e. The van der Waals surface area contributed by atoms with Crippen LogP contribution in [0.4, 0.5) is 0 Å². The molecule has 0 spiro atoms. The summed E-state index contributed by atoms with van der Waals surface area (Å²) in [4.78, 5) is 8.10. The first-order valence-corrected chi connectivity index (χ1v) is 7.67. The lowest BCUT2D eigenvalue weighted by Crippen LogP contribution is -2.07. The molecule has 1 saturated carbocycles. The summed E-state index contributed by atoms with van der Waals surface area (Å²) in [5.41, 5.74) is 2.03. The Morgan fingerprint density at radius 2 is 1.90 bits per heavy atom. The Hall–Kier alpha value is -1.71.